The quantitative estimate of drug-likeness (QED) is 0.740. The van der Waals surface area contributed by atoms with E-state index in [0.717, 1.165) is 18.8 Å². The van der Waals surface area contributed by atoms with Crippen LogP contribution in [0.1, 0.15) is 11.1 Å². The summed E-state index contributed by atoms with van der Waals surface area (Å²) in [6, 6.07) is 6.00. The fraction of sp³-hybridized carbons (Fsp3) is 0.364. The Hall–Kier alpha value is -1.39. The molecule has 1 heterocycles. The summed E-state index contributed by atoms with van der Waals surface area (Å²) in [7, 11) is 2.08. The van der Waals surface area contributed by atoms with Crippen LogP contribution in [0.15, 0.2) is 18.2 Å². The van der Waals surface area contributed by atoms with E-state index in [2.05, 4.69) is 23.3 Å². The maximum absolute atomic E-state index is 11.1. The second-order valence-electron chi connectivity index (χ2n) is 3.91. The first kappa shape index (κ1) is 10.1. The van der Waals surface area contributed by atoms with Crippen molar-refractivity contribution in [2.24, 2.45) is 5.73 Å². The fourth-order valence-corrected chi connectivity index (χ4v) is 1.85. The molecule has 4 heteroatoms. The average molecular weight is 205 g/mol. The Kier molecular flexibility index (Phi) is 2.70. The number of hydrogen-bond donors (Lipinski definition) is 2. The van der Waals surface area contributed by atoms with E-state index in [1.165, 1.54) is 11.1 Å². The molecule has 0 atom stereocenters. The minimum Gasteiger partial charge on any atom is -0.325 e. The van der Waals surface area contributed by atoms with E-state index in [-0.39, 0.29) is 12.5 Å². The van der Waals surface area contributed by atoms with Gasteiger partial charge in [0.05, 0.1) is 6.54 Å². The van der Waals surface area contributed by atoms with Crippen LogP contribution in [0.2, 0.25) is 0 Å². The van der Waals surface area contributed by atoms with Crippen molar-refractivity contribution in [2.45, 2.75) is 13.1 Å². The monoisotopic (exact) mass is 205 g/mol. The second-order valence-corrected chi connectivity index (χ2v) is 3.91. The van der Waals surface area contributed by atoms with Crippen molar-refractivity contribution in [3.8, 4) is 0 Å². The van der Waals surface area contributed by atoms with Gasteiger partial charge in [-0.3, -0.25) is 9.69 Å². The molecule has 0 saturated heterocycles. The van der Waals surface area contributed by atoms with E-state index < -0.39 is 0 Å². The summed E-state index contributed by atoms with van der Waals surface area (Å²) >= 11 is 0. The van der Waals surface area contributed by atoms with Gasteiger partial charge in [-0.05, 0) is 30.3 Å². The topological polar surface area (TPSA) is 58.4 Å². The highest BCUT2D eigenvalue weighted by molar-refractivity contribution is 5.92. The Labute approximate surface area is 89.1 Å². The van der Waals surface area contributed by atoms with E-state index in [9.17, 15) is 4.79 Å². The van der Waals surface area contributed by atoms with Gasteiger partial charge in [-0.2, -0.15) is 0 Å². The predicted octanol–water partition coefficient (Wildman–Crippen LogP) is 0.529. The molecule has 0 aromatic heterocycles. The molecule has 0 saturated carbocycles. The van der Waals surface area contributed by atoms with E-state index in [0.29, 0.717) is 0 Å². The van der Waals surface area contributed by atoms with Crippen molar-refractivity contribution < 1.29 is 4.79 Å². The number of nitrogens with zero attached hydrogens (tertiary/aromatic N) is 1. The van der Waals surface area contributed by atoms with Crippen LogP contribution in [0.4, 0.5) is 5.69 Å². The Morgan fingerprint density at radius 2 is 2.20 bits per heavy atom. The van der Waals surface area contributed by atoms with Crippen LogP contribution in [0.3, 0.4) is 0 Å². The maximum atomic E-state index is 11.1. The van der Waals surface area contributed by atoms with E-state index in [1.54, 1.807) is 0 Å². The van der Waals surface area contributed by atoms with Gasteiger partial charge in [-0.1, -0.05) is 6.07 Å². The molecule has 4 nitrogen and oxygen atoms in total. The molecule has 1 amide bonds. The number of amides is 1. The van der Waals surface area contributed by atoms with Crippen molar-refractivity contribution in [1.29, 1.82) is 0 Å². The molecule has 2 rings (SSSR count). The van der Waals surface area contributed by atoms with E-state index in [1.807, 2.05) is 12.1 Å². The summed E-state index contributed by atoms with van der Waals surface area (Å²) in [6.45, 7) is 1.96. The number of nitrogens with one attached hydrogen (secondary N) is 1. The highest BCUT2D eigenvalue weighted by atomic mass is 16.1. The molecule has 15 heavy (non-hydrogen) atoms. The lowest BCUT2D eigenvalue weighted by Gasteiger charge is -2.05. The molecule has 1 aliphatic heterocycles. The summed E-state index contributed by atoms with van der Waals surface area (Å²) in [5, 5.41) is 2.75. The zero-order valence-corrected chi connectivity index (χ0v) is 8.79. The van der Waals surface area contributed by atoms with Crippen LogP contribution < -0.4 is 11.1 Å². The van der Waals surface area contributed by atoms with Crippen molar-refractivity contribution in [3.63, 3.8) is 0 Å². The first-order chi connectivity index (χ1) is 7.19. The first-order valence-corrected chi connectivity index (χ1v) is 4.99. The lowest BCUT2D eigenvalue weighted by atomic mass is 10.1. The van der Waals surface area contributed by atoms with Crippen LogP contribution in [0.5, 0.6) is 0 Å². The zero-order chi connectivity index (χ0) is 10.8. The highest BCUT2D eigenvalue weighted by Gasteiger charge is 2.15. The number of carbonyl (C=O) groups is 1. The van der Waals surface area contributed by atoms with Crippen molar-refractivity contribution in [3.05, 3.63) is 29.3 Å². The molecule has 0 radical (unpaired) electrons. The number of hydrogen-bond acceptors (Lipinski definition) is 3. The summed E-state index contributed by atoms with van der Waals surface area (Å²) in [4.78, 5) is 13.3. The molecule has 1 aromatic rings. The number of fused-ring (bicyclic) bond motifs is 1. The first-order valence-electron chi connectivity index (χ1n) is 4.99. The van der Waals surface area contributed by atoms with Gasteiger partial charge in [0, 0.05) is 18.8 Å². The SMILES string of the molecule is CN1Cc2ccc(NC(=O)CN)cc2C1. The van der Waals surface area contributed by atoms with E-state index >= 15 is 0 Å². The van der Waals surface area contributed by atoms with Crippen molar-refractivity contribution >= 4 is 11.6 Å². The Morgan fingerprint density at radius 1 is 1.47 bits per heavy atom. The summed E-state index contributed by atoms with van der Waals surface area (Å²) in [6.07, 6.45) is 0. The molecule has 1 aromatic carbocycles. The van der Waals surface area contributed by atoms with E-state index in [4.69, 9.17) is 5.73 Å². The van der Waals surface area contributed by atoms with Crippen LogP contribution in [-0.2, 0) is 17.9 Å². The lowest BCUT2D eigenvalue weighted by Crippen LogP contribution is -2.21. The summed E-state index contributed by atoms with van der Waals surface area (Å²) in [5.41, 5.74) is 8.69. The second kappa shape index (κ2) is 4.00. The van der Waals surface area contributed by atoms with Crippen LogP contribution in [-0.4, -0.2) is 24.4 Å². The molecule has 3 N–H and O–H groups in total. The number of nitrogens with two attached hydrogens (primary N) is 1. The van der Waals surface area contributed by atoms with Crippen LogP contribution >= 0.6 is 0 Å². The lowest BCUT2D eigenvalue weighted by molar-refractivity contribution is -0.114. The Balaban J connectivity index is 2.16. The van der Waals surface area contributed by atoms with Crippen molar-refractivity contribution in [2.75, 3.05) is 18.9 Å². The van der Waals surface area contributed by atoms with Gasteiger partial charge in [0.2, 0.25) is 5.91 Å². The molecule has 0 spiro atoms. The number of anilines is 1. The molecule has 1 aliphatic rings. The van der Waals surface area contributed by atoms with Crippen LogP contribution in [0.25, 0.3) is 0 Å². The molecular weight excluding hydrogens is 190 g/mol. The predicted molar refractivity (Wildman–Crippen MR) is 59.3 cm³/mol. The molecule has 80 valence electrons. The molecule has 0 aliphatic carbocycles. The van der Waals surface area contributed by atoms with Gasteiger partial charge in [0.15, 0.2) is 0 Å². The summed E-state index contributed by atoms with van der Waals surface area (Å²) in [5.74, 6) is -0.152. The third-order valence-electron chi connectivity index (χ3n) is 2.56. The van der Waals surface area contributed by atoms with Gasteiger partial charge in [0.1, 0.15) is 0 Å². The maximum Gasteiger partial charge on any atom is 0.238 e. The molecule has 0 bridgehead atoms. The largest absolute Gasteiger partial charge is 0.325 e. The van der Waals surface area contributed by atoms with Gasteiger partial charge in [0.25, 0.3) is 0 Å². The average Bonchev–Trinajstić information content (AvgIpc) is 2.57. The van der Waals surface area contributed by atoms with Crippen molar-refractivity contribution in [1.82, 2.24) is 4.90 Å². The Morgan fingerprint density at radius 3 is 2.93 bits per heavy atom. The smallest absolute Gasteiger partial charge is 0.238 e. The van der Waals surface area contributed by atoms with Gasteiger partial charge in [-0.15, -0.1) is 0 Å². The molecule has 0 unspecified atom stereocenters. The van der Waals surface area contributed by atoms with Crippen LogP contribution in [0, 0.1) is 0 Å². The van der Waals surface area contributed by atoms with Gasteiger partial charge < -0.3 is 11.1 Å². The minimum absolute atomic E-state index is 0.0248. The number of rotatable bonds is 2. The third-order valence-corrected chi connectivity index (χ3v) is 2.56. The number of carbonyl (C=O) groups excluding carboxylic acids is 1. The third kappa shape index (κ3) is 2.16. The zero-order valence-electron chi connectivity index (χ0n) is 8.79. The minimum atomic E-state index is -0.152. The standard InChI is InChI=1S/C11H15N3O/c1-14-6-8-2-3-10(4-9(8)7-14)13-11(15)5-12/h2-4H,5-7,12H2,1H3,(H,13,15). The molecule has 0 fully saturated rings. The van der Waals surface area contributed by atoms with Gasteiger partial charge in [-0.25, -0.2) is 0 Å². The highest BCUT2D eigenvalue weighted by Crippen LogP contribution is 2.24. The normalized spacial score (nSPS) is 15.1. The molecular formula is C11H15N3O. The number of benzene rings is 1. The Bertz CT molecular complexity index is 389. The van der Waals surface area contributed by atoms with Gasteiger partial charge >= 0.3 is 0 Å². The fourth-order valence-electron chi connectivity index (χ4n) is 1.85. The summed E-state index contributed by atoms with van der Waals surface area (Å²) < 4.78 is 0.